The quantitative estimate of drug-likeness (QED) is 0.166. The van der Waals surface area contributed by atoms with Gasteiger partial charge in [0.1, 0.15) is 11.2 Å². The molecule has 0 fully saturated rings. The maximum Gasteiger partial charge on any atom is 0.135 e. The van der Waals surface area contributed by atoms with Crippen molar-refractivity contribution in [2.75, 3.05) is 0 Å². The van der Waals surface area contributed by atoms with Gasteiger partial charge in [-0.1, -0.05) is 97.1 Å². The van der Waals surface area contributed by atoms with Gasteiger partial charge in [0.25, 0.3) is 0 Å². The Labute approximate surface area is 319 Å². The first-order valence-electron chi connectivity index (χ1n) is 18.5. The first-order valence-corrected chi connectivity index (χ1v) is 18.5. The number of pyridine rings is 2. The van der Waals surface area contributed by atoms with Crippen LogP contribution in [0.5, 0.6) is 0 Å². The molecule has 0 saturated heterocycles. The van der Waals surface area contributed by atoms with E-state index in [0.29, 0.717) is 0 Å². The highest BCUT2D eigenvalue weighted by Crippen LogP contribution is 2.39. The van der Waals surface area contributed by atoms with E-state index in [1.807, 2.05) is 36.9 Å². The number of furan rings is 1. The van der Waals surface area contributed by atoms with E-state index in [1.54, 1.807) is 0 Å². The van der Waals surface area contributed by atoms with Crippen molar-refractivity contribution in [3.63, 3.8) is 0 Å². The molecule has 0 aliphatic carbocycles. The van der Waals surface area contributed by atoms with Crippen LogP contribution >= 0.6 is 0 Å². The molecular weight excluding hydrogens is 669 g/mol. The molecule has 0 atom stereocenters. The van der Waals surface area contributed by atoms with Gasteiger partial charge in [-0.05, 0) is 163 Å². The molecule has 7 aromatic carbocycles. The summed E-state index contributed by atoms with van der Waals surface area (Å²) in [5.74, 6) is 0. The zero-order valence-corrected chi connectivity index (χ0v) is 29.9. The summed E-state index contributed by atoms with van der Waals surface area (Å²) in [5, 5.41) is 2.24. The zero-order valence-electron chi connectivity index (χ0n) is 29.9. The van der Waals surface area contributed by atoms with Crippen molar-refractivity contribution < 1.29 is 4.42 Å². The number of para-hydroxylation sites is 1. The molecule has 3 aromatic heterocycles. The van der Waals surface area contributed by atoms with Gasteiger partial charge in [-0.3, -0.25) is 9.97 Å². The summed E-state index contributed by atoms with van der Waals surface area (Å²) in [6, 6.07) is 65.2. The standard InChI is InChI=1S/C52H34N2O/c1-2-16-51-49(15-1)50-34-45(17-18-52(50)55-51)48-32-46(43-13-5-11-41(29-43)39-9-3-7-37(27-39)35-19-23-53-24-20-35)31-47(33-48)44-14-6-12-42(30-44)40-10-4-8-38(28-40)36-21-25-54-26-22-36/h1-34H. The SMILES string of the molecule is c1cc(-c2ccncc2)cc(-c2cccc(-c3cc(-c4cccc(-c5cccc(-c6ccncc6)c5)c4)cc(-c4ccc5oc6ccccc6c5c4)c3)c2)c1. The van der Waals surface area contributed by atoms with Crippen LogP contribution in [0.15, 0.2) is 211 Å². The number of hydrogen-bond donors (Lipinski definition) is 0. The molecule has 0 unspecified atom stereocenters. The summed E-state index contributed by atoms with van der Waals surface area (Å²) in [5.41, 5.74) is 18.0. The maximum absolute atomic E-state index is 6.21. The number of aromatic nitrogens is 2. The fourth-order valence-corrected chi connectivity index (χ4v) is 7.64. The molecule has 3 heterocycles. The van der Waals surface area contributed by atoms with Gasteiger partial charge in [0.15, 0.2) is 0 Å². The Morgan fingerprint density at radius 1 is 0.236 bits per heavy atom. The average Bonchev–Trinajstić information content (AvgIpc) is 3.65. The summed E-state index contributed by atoms with van der Waals surface area (Å²) < 4.78 is 6.21. The molecule has 0 aliphatic rings. The molecule has 0 N–H and O–H groups in total. The van der Waals surface area contributed by atoms with E-state index in [2.05, 4.69) is 180 Å². The van der Waals surface area contributed by atoms with Gasteiger partial charge in [0.05, 0.1) is 0 Å². The van der Waals surface area contributed by atoms with Crippen molar-refractivity contribution in [1.29, 1.82) is 0 Å². The molecule has 258 valence electrons. The van der Waals surface area contributed by atoms with Crippen molar-refractivity contribution in [3.05, 3.63) is 207 Å². The Hall–Kier alpha value is -7.36. The molecule has 0 amide bonds. The maximum atomic E-state index is 6.21. The van der Waals surface area contributed by atoms with Crippen LogP contribution < -0.4 is 0 Å². The van der Waals surface area contributed by atoms with E-state index in [1.165, 1.54) is 33.4 Å². The molecule has 10 rings (SSSR count). The fraction of sp³-hybridized carbons (Fsp3) is 0. The van der Waals surface area contributed by atoms with Gasteiger partial charge in [-0.2, -0.15) is 0 Å². The normalized spacial score (nSPS) is 11.3. The summed E-state index contributed by atoms with van der Waals surface area (Å²) in [7, 11) is 0. The highest BCUT2D eigenvalue weighted by atomic mass is 16.3. The Bertz CT molecular complexity index is 2840. The second-order valence-electron chi connectivity index (χ2n) is 13.9. The third-order valence-electron chi connectivity index (χ3n) is 10.5. The summed E-state index contributed by atoms with van der Waals surface area (Å²) in [6.45, 7) is 0. The molecule has 55 heavy (non-hydrogen) atoms. The van der Waals surface area contributed by atoms with Crippen molar-refractivity contribution in [2.24, 2.45) is 0 Å². The average molecular weight is 703 g/mol. The number of fused-ring (bicyclic) bond motifs is 3. The minimum atomic E-state index is 0.893. The Kier molecular flexibility index (Phi) is 8.16. The van der Waals surface area contributed by atoms with Crippen molar-refractivity contribution in [1.82, 2.24) is 9.97 Å². The molecule has 3 nitrogen and oxygen atoms in total. The first kappa shape index (κ1) is 32.3. The van der Waals surface area contributed by atoms with Crippen LogP contribution in [0.25, 0.3) is 99.8 Å². The second-order valence-corrected chi connectivity index (χ2v) is 13.9. The third-order valence-corrected chi connectivity index (χ3v) is 10.5. The molecule has 0 radical (unpaired) electrons. The molecule has 10 aromatic rings. The summed E-state index contributed by atoms with van der Waals surface area (Å²) in [6.07, 6.45) is 7.37. The van der Waals surface area contributed by atoms with Gasteiger partial charge in [0.2, 0.25) is 0 Å². The lowest BCUT2D eigenvalue weighted by molar-refractivity contribution is 0.669. The lowest BCUT2D eigenvalue weighted by atomic mass is 9.90. The number of benzene rings is 7. The third kappa shape index (κ3) is 6.39. The fourth-order valence-electron chi connectivity index (χ4n) is 7.64. The van der Waals surface area contributed by atoms with Crippen molar-refractivity contribution in [2.45, 2.75) is 0 Å². The van der Waals surface area contributed by atoms with E-state index >= 15 is 0 Å². The van der Waals surface area contributed by atoms with Crippen LogP contribution in [-0.4, -0.2) is 9.97 Å². The van der Waals surface area contributed by atoms with Crippen LogP contribution in [0.2, 0.25) is 0 Å². The van der Waals surface area contributed by atoms with Gasteiger partial charge < -0.3 is 4.42 Å². The Balaban J connectivity index is 1.10. The molecule has 3 heteroatoms. The minimum Gasteiger partial charge on any atom is -0.456 e. The summed E-state index contributed by atoms with van der Waals surface area (Å²) in [4.78, 5) is 8.42. The topological polar surface area (TPSA) is 38.9 Å². The van der Waals surface area contributed by atoms with Gasteiger partial charge in [-0.15, -0.1) is 0 Å². The number of rotatable bonds is 7. The van der Waals surface area contributed by atoms with E-state index in [0.717, 1.165) is 66.4 Å². The van der Waals surface area contributed by atoms with Crippen LogP contribution in [-0.2, 0) is 0 Å². The predicted molar refractivity (Wildman–Crippen MR) is 227 cm³/mol. The zero-order chi connectivity index (χ0) is 36.6. The predicted octanol–water partition coefficient (Wildman–Crippen LogP) is 14.0. The van der Waals surface area contributed by atoms with E-state index in [-0.39, 0.29) is 0 Å². The number of nitrogens with zero attached hydrogens (tertiary/aromatic N) is 2. The first-order chi connectivity index (χ1) is 27.2. The minimum absolute atomic E-state index is 0.893. The smallest absolute Gasteiger partial charge is 0.135 e. The van der Waals surface area contributed by atoms with Crippen molar-refractivity contribution in [3.8, 4) is 77.9 Å². The van der Waals surface area contributed by atoms with E-state index in [9.17, 15) is 0 Å². The van der Waals surface area contributed by atoms with Gasteiger partial charge in [0, 0.05) is 35.6 Å². The van der Waals surface area contributed by atoms with E-state index < -0.39 is 0 Å². The molecular formula is C52H34N2O. The number of hydrogen-bond acceptors (Lipinski definition) is 3. The molecule has 0 bridgehead atoms. The molecule has 0 spiro atoms. The Morgan fingerprint density at radius 3 is 1.04 bits per heavy atom. The van der Waals surface area contributed by atoms with E-state index in [4.69, 9.17) is 4.42 Å². The van der Waals surface area contributed by atoms with Gasteiger partial charge >= 0.3 is 0 Å². The summed E-state index contributed by atoms with van der Waals surface area (Å²) >= 11 is 0. The van der Waals surface area contributed by atoms with Crippen LogP contribution in [0.3, 0.4) is 0 Å². The van der Waals surface area contributed by atoms with Crippen molar-refractivity contribution >= 4 is 21.9 Å². The second kappa shape index (κ2) is 13.9. The van der Waals surface area contributed by atoms with Crippen LogP contribution in [0.4, 0.5) is 0 Å². The van der Waals surface area contributed by atoms with Gasteiger partial charge in [-0.25, -0.2) is 0 Å². The van der Waals surface area contributed by atoms with Crippen LogP contribution in [0.1, 0.15) is 0 Å². The molecule has 0 saturated carbocycles. The lowest BCUT2D eigenvalue weighted by Crippen LogP contribution is -1.88. The monoisotopic (exact) mass is 702 g/mol. The highest BCUT2D eigenvalue weighted by molar-refractivity contribution is 6.06. The Morgan fingerprint density at radius 2 is 0.582 bits per heavy atom. The largest absolute Gasteiger partial charge is 0.456 e. The lowest BCUT2D eigenvalue weighted by Gasteiger charge is -2.14. The molecule has 0 aliphatic heterocycles. The highest BCUT2D eigenvalue weighted by Gasteiger charge is 2.13. The van der Waals surface area contributed by atoms with Crippen LogP contribution in [0, 0.1) is 0 Å².